The van der Waals surface area contributed by atoms with Gasteiger partial charge in [0.15, 0.2) is 5.78 Å². The summed E-state index contributed by atoms with van der Waals surface area (Å²) in [5.74, 6) is -2.03. The maximum Gasteiger partial charge on any atom is 0.356 e. The van der Waals surface area contributed by atoms with Crippen molar-refractivity contribution in [1.29, 1.82) is 0 Å². The highest BCUT2D eigenvalue weighted by Crippen LogP contribution is 2.33. The van der Waals surface area contributed by atoms with Gasteiger partial charge in [0.1, 0.15) is 17.1 Å². The van der Waals surface area contributed by atoms with Crippen molar-refractivity contribution in [3.05, 3.63) is 71.2 Å². The molecule has 0 radical (unpaired) electrons. The van der Waals surface area contributed by atoms with E-state index in [0.717, 1.165) is 48.0 Å². The molecule has 0 saturated heterocycles. The van der Waals surface area contributed by atoms with E-state index in [1.54, 1.807) is 12.1 Å². The number of benzene rings is 1. The molecular weight excluding hydrogens is 484 g/mol. The summed E-state index contributed by atoms with van der Waals surface area (Å²) in [5, 5.41) is 4.04. The van der Waals surface area contributed by atoms with E-state index >= 15 is 0 Å². The van der Waals surface area contributed by atoms with Gasteiger partial charge in [0, 0.05) is 29.3 Å². The highest BCUT2D eigenvalue weighted by molar-refractivity contribution is 6.24. The van der Waals surface area contributed by atoms with Gasteiger partial charge in [0.25, 0.3) is 0 Å². The van der Waals surface area contributed by atoms with E-state index < -0.39 is 23.4 Å². The van der Waals surface area contributed by atoms with Crippen molar-refractivity contribution in [1.82, 2.24) is 20.3 Å². The quantitative estimate of drug-likeness (QED) is 0.254. The second-order valence-corrected chi connectivity index (χ2v) is 9.17. The van der Waals surface area contributed by atoms with Gasteiger partial charge in [0.2, 0.25) is 11.7 Å². The Balaban J connectivity index is 1.60. The topological polar surface area (TPSA) is 131 Å². The highest BCUT2D eigenvalue weighted by Gasteiger charge is 2.29. The zero-order valence-corrected chi connectivity index (χ0v) is 21.1. The first kappa shape index (κ1) is 25.0. The molecule has 1 amide bonds. The Hall–Kier alpha value is -4.66. The third-order valence-corrected chi connectivity index (χ3v) is 6.39. The molecule has 1 aromatic carbocycles. The van der Waals surface area contributed by atoms with Gasteiger partial charge in [-0.1, -0.05) is 44.4 Å². The lowest BCUT2D eigenvalue weighted by Crippen LogP contribution is -2.30. The third-order valence-electron chi connectivity index (χ3n) is 6.39. The molecule has 9 nitrogen and oxygen atoms in total. The molecule has 5 rings (SSSR count). The van der Waals surface area contributed by atoms with Gasteiger partial charge < -0.3 is 15.0 Å². The fraction of sp³-hybridized carbons (Fsp3) is 0.241. The van der Waals surface area contributed by atoms with E-state index in [4.69, 9.17) is 4.74 Å². The van der Waals surface area contributed by atoms with E-state index in [1.165, 1.54) is 13.0 Å². The number of rotatable bonds is 8. The number of carbonyl (C=O) groups is 4. The van der Waals surface area contributed by atoms with Crippen molar-refractivity contribution in [2.24, 2.45) is 0 Å². The molecule has 0 unspecified atom stereocenters. The first-order valence-electron chi connectivity index (χ1n) is 12.6. The highest BCUT2D eigenvalue weighted by atomic mass is 16.5. The van der Waals surface area contributed by atoms with Crippen molar-refractivity contribution in [2.45, 2.75) is 39.5 Å². The molecule has 0 saturated carbocycles. The van der Waals surface area contributed by atoms with Crippen LogP contribution >= 0.6 is 0 Å². The van der Waals surface area contributed by atoms with Crippen LogP contribution in [-0.2, 0) is 9.53 Å². The number of amides is 1. The molecule has 4 aromatic rings. The lowest BCUT2D eigenvalue weighted by molar-refractivity contribution is -0.118. The molecular formula is C29H26N4O5. The van der Waals surface area contributed by atoms with Crippen molar-refractivity contribution in [3.63, 3.8) is 0 Å². The summed E-state index contributed by atoms with van der Waals surface area (Å²) in [6.45, 7) is 3.67. The van der Waals surface area contributed by atoms with Crippen molar-refractivity contribution < 1.29 is 23.9 Å². The van der Waals surface area contributed by atoms with Crippen LogP contribution in [0.3, 0.4) is 0 Å². The van der Waals surface area contributed by atoms with Crippen LogP contribution in [0, 0.1) is 0 Å². The van der Waals surface area contributed by atoms with Gasteiger partial charge in [-0.15, -0.1) is 0 Å². The van der Waals surface area contributed by atoms with E-state index in [2.05, 4.69) is 27.2 Å². The number of H-pyrrole nitrogens is 1. The van der Waals surface area contributed by atoms with Gasteiger partial charge in [0.05, 0.1) is 29.1 Å². The number of carbonyl (C=O) groups excluding carboxylic acids is 4. The van der Waals surface area contributed by atoms with Crippen molar-refractivity contribution >= 4 is 45.2 Å². The van der Waals surface area contributed by atoms with Crippen LogP contribution < -0.4 is 5.32 Å². The number of hydrogen-bond acceptors (Lipinski definition) is 7. The van der Waals surface area contributed by atoms with Gasteiger partial charge >= 0.3 is 5.97 Å². The molecule has 0 spiro atoms. The Bertz CT molecular complexity index is 1650. The van der Waals surface area contributed by atoms with E-state index in [0.29, 0.717) is 23.5 Å². The summed E-state index contributed by atoms with van der Waals surface area (Å²) in [4.78, 5) is 62.6. The standard InChI is InChI=1S/C29H26N4O5/c1-3-4-5-8-13-38-29(37)23-14-19-17-9-6-7-10-20(17)31-25(19)27(33-23)21-12-11-18-24(35)15-22(30-16(2)34)28(36)26(18)32-21/h6-7,9-12,14-15,31H,3-5,8,13H2,1-2H3,(H,30,34). The van der Waals surface area contributed by atoms with Crippen LogP contribution in [0.2, 0.25) is 0 Å². The number of fused-ring (bicyclic) bond motifs is 4. The number of allylic oxidation sites excluding steroid dienone is 2. The van der Waals surface area contributed by atoms with Gasteiger partial charge in [-0.05, 0) is 30.7 Å². The SMILES string of the molecule is CCCCCCOC(=O)c1cc2c([nH]c3ccccc32)c(-c2ccc3c(n2)C(=O)C(NC(C)=O)=CC3=O)n1. The predicted octanol–water partition coefficient (Wildman–Crippen LogP) is 4.91. The molecule has 3 heterocycles. The molecule has 0 fully saturated rings. The Labute approximate surface area is 218 Å². The number of ketones is 2. The first-order chi connectivity index (χ1) is 18.4. The predicted molar refractivity (Wildman–Crippen MR) is 142 cm³/mol. The molecule has 2 N–H and O–H groups in total. The Morgan fingerprint density at radius 1 is 0.974 bits per heavy atom. The number of para-hydroxylation sites is 1. The summed E-state index contributed by atoms with van der Waals surface area (Å²) >= 11 is 0. The number of Topliss-reactive ketones (excluding diaryl/α,β-unsaturated/α-hetero) is 1. The average Bonchev–Trinajstić information content (AvgIpc) is 3.29. The number of esters is 1. The van der Waals surface area contributed by atoms with Crippen LogP contribution in [0.15, 0.2) is 54.2 Å². The molecule has 1 aliphatic carbocycles. The Morgan fingerprint density at radius 2 is 1.79 bits per heavy atom. The number of pyridine rings is 2. The lowest BCUT2D eigenvalue weighted by atomic mass is 9.96. The van der Waals surface area contributed by atoms with Crippen LogP contribution in [0.4, 0.5) is 0 Å². The molecule has 1 aliphatic rings. The third kappa shape index (κ3) is 4.70. The molecule has 0 atom stereocenters. The summed E-state index contributed by atoms with van der Waals surface area (Å²) in [5.41, 5.74) is 2.13. The summed E-state index contributed by atoms with van der Waals surface area (Å²) in [7, 11) is 0. The number of aromatic amines is 1. The number of ether oxygens (including phenoxy) is 1. The summed E-state index contributed by atoms with van der Waals surface area (Å²) in [6.07, 6.45) is 5.00. The first-order valence-corrected chi connectivity index (χ1v) is 12.6. The maximum atomic E-state index is 13.1. The van der Waals surface area contributed by atoms with Crippen LogP contribution in [-0.4, -0.2) is 45.0 Å². The fourth-order valence-corrected chi connectivity index (χ4v) is 4.55. The number of nitrogens with one attached hydrogen (secondary N) is 2. The van der Waals surface area contributed by atoms with E-state index in [9.17, 15) is 19.2 Å². The Kier molecular flexibility index (Phi) is 6.83. The smallest absolute Gasteiger partial charge is 0.356 e. The Morgan fingerprint density at radius 3 is 2.58 bits per heavy atom. The number of unbranched alkanes of at least 4 members (excludes halogenated alkanes) is 3. The van der Waals surface area contributed by atoms with E-state index in [1.807, 2.05) is 24.3 Å². The zero-order chi connectivity index (χ0) is 26.8. The minimum Gasteiger partial charge on any atom is -0.461 e. The van der Waals surface area contributed by atoms with Crippen molar-refractivity contribution in [3.8, 4) is 11.4 Å². The van der Waals surface area contributed by atoms with Crippen LogP contribution in [0.25, 0.3) is 33.2 Å². The minimum atomic E-state index is -0.577. The molecule has 0 bridgehead atoms. The zero-order valence-electron chi connectivity index (χ0n) is 21.1. The second-order valence-electron chi connectivity index (χ2n) is 9.17. The number of aromatic nitrogens is 3. The number of hydrogen-bond donors (Lipinski definition) is 2. The van der Waals surface area contributed by atoms with Gasteiger partial charge in [-0.25, -0.2) is 14.8 Å². The average molecular weight is 511 g/mol. The van der Waals surface area contributed by atoms with E-state index in [-0.39, 0.29) is 22.6 Å². The van der Waals surface area contributed by atoms with Crippen LogP contribution in [0.1, 0.15) is 70.9 Å². The van der Waals surface area contributed by atoms with Crippen molar-refractivity contribution in [2.75, 3.05) is 6.61 Å². The van der Waals surface area contributed by atoms with Crippen LogP contribution in [0.5, 0.6) is 0 Å². The largest absolute Gasteiger partial charge is 0.461 e. The summed E-state index contributed by atoms with van der Waals surface area (Å²) in [6, 6.07) is 12.4. The maximum absolute atomic E-state index is 13.1. The van der Waals surface area contributed by atoms with Gasteiger partial charge in [-0.3, -0.25) is 14.4 Å². The minimum absolute atomic E-state index is 0.0892. The second kappa shape index (κ2) is 10.4. The normalized spacial score (nSPS) is 12.9. The number of nitrogens with zero attached hydrogens (tertiary/aromatic N) is 2. The molecule has 3 aromatic heterocycles. The molecule has 9 heteroatoms. The van der Waals surface area contributed by atoms with Gasteiger partial charge in [-0.2, -0.15) is 0 Å². The lowest BCUT2D eigenvalue weighted by Gasteiger charge is -2.15. The molecule has 38 heavy (non-hydrogen) atoms. The monoisotopic (exact) mass is 510 g/mol. The fourth-order valence-electron chi connectivity index (χ4n) is 4.55. The summed E-state index contributed by atoms with van der Waals surface area (Å²) < 4.78 is 5.50. The molecule has 192 valence electrons. The molecule has 0 aliphatic heterocycles.